The molecule has 0 N–H and O–H groups in total. The topological polar surface area (TPSA) is 26.3 Å². The van der Waals surface area contributed by atoms with Crippen molar-refractivity contribution in [3.05, 3.63) is 0 Å². The Morgan fingerprint density at radius 1 is 0.882 bits per heavy atom. The van der Waals surface area contributed by atoms with E-state index in [-0.39, 0.29) is 5.97 Å². The van der Waals surface area contributed by atoms with Crippen molar-refractivity contribution in [2.45, 2.75) is 78.9 Å². The van der Waals surface area contributed by atoms with Gasteiger partial charge in [-0.15, -0.1) is 0 Å². The summed E-state index contributed by atoms with van der Waals surface area (Å²) in [6, 6.07) is 0. The SMILES string of the molecule is CC(C)[Si](OC(=O)C(C)(C)C)(C(C)C)C(C)C. The van der Waals surface area contributed by atoms with Crippen molar-refractivity contribution < 1.29 is 9.22 Å². The second kappa shape index (κ2) is 5.55. The Balaban J connectivity index is 5.28. The molecule has 2 nitrogen and oxygen atoms in total. The van der Waals surface area contributed by atoms with Crippen LogP contribution in [0.15, 0.2) is 0 Å². The van der Waals surface area contributed by atoms with Crippen molar-refractivity contribution in [3.63, 3.8) is 0 Å². The van der Waals surface area contributed by atoms with Crippen molar-refractivity contribution in [2.24, 2.45) is 5.41 Å². The third-order valence-electron chi connectivity index (χ3n) is 3.59. The lowest BCUT2D eigenvalue weighted by Crippen LogP contribution is -2.51. The minimum Gasteiger partial charge on any atom is -0.518 e. The third kappa shape index (κ3) is 3.57. The summed E-state index contributed by atoms with van der Waals surface area (Å²) in [5.74, 6) is -0.0414. The molecule has 0 spiro atoms. The molecular weight excluding hydrogens is 228 g/mol. The van der Waals surface area contributed by atoms with Crippen LogP contribution in [0.3, 0.4) is 0 Å². The van der Waals surface area contributed by atoms with E-state index in [1.807, 2.05) is 20.8 Å². The highest BCUT2D eigenvalue weighted by Crippen LogP contribution is 2.43. The minimum atomic E-state index is -2.05. The maximum absolute atomic E-state index is 12.2. The summed E-state index contributed by atoms with van der Waals surface area (Å²) >= 11 is 0. The Hall–Kier alpha value is -0.313. The fourth-order valence-corrected chi connectivity index (χ4v) is 8.00. The molecule has 0 saturated carbocycles. The largest absolute Gasteiger partial charge is 0.518 e. The molecule has 0 amide bonds. The first-order valence-corrected chi connectivity index (χ1v) is 8.83. The summed E-state index contributed by atoms with van der Waals surface area (Å²) in [4.78, 5) is 12.2. The fourth-order valence-electron chi connectivity index (χ4n) is 2.67. The van der Waals surface area contributed by atoms with Gasteiger partial charge < -0.3 is 4.43 Å². The van der Waals surface area contributed by atoms with E-state index < -0.39 is 13.7 Å². The van der Waals surface area contributed by atoms with E-state index >= 15 is 0 Å². The Kier molecular flexibility index (Phi) is 5.45. The molecule has 17 heavy (non-hydrogen) atoms. The fraction of sp³-hybridized carbons (Fsp3) is 0.929. The number of carbonyl (C=O) groups excluding carboxylic acids is 1. The molecule has 0 aliphatic heterocycles. The predicted octanol–water partition coefficient (Wildman–Crippen LogP) is 4.75. The summed E-state index contributed by atoms with van der Waals surface area (Å²) in [5, 5.41) is 0. The van der Waals surface area contributed by atoms with Crippen LogP contribution in [0.2, 0.25) is 16.6 Å². The lowest BCUT2D eigenvalue weighted by molar-refractivity contribution is -0.144. The molecule has 0 aromatic heterocycles. The van der Waals surface area contributed by atoms with Crippen LogP contribution < -0.4 is 0 Å². The van der Waals surface area contributed by atoms with Gasteiger partial charge in [-0.1, -0.05) is 41.5 Å². The van der Waals surface area contributed by atoms with Gasteiger partial charge in [-0.3, -0.25) is 4.79 Å². The highest BCUT2D eigenvalue weighted by Gasteiger charge is 2.49. The highest BCUT2D eigenvalue weighted by molar-refractivity contribution is 6.78. The molecule has 0 saturated heterocycles. The van der Waals surface area contributed by atoms with Crippen LogP contribution in [0, 0.1) is 5.41 Å². The van der Waals surface area contributed by atoms with E-state index in [0.29, 0.717) is 16.6 Å². The van der Waals surface area contributed by atoms with Crippen LogP contribution in [-0.4, -0.2) is 14.3 Å². The zero-order valence-corrected chi connectivity index (χ0v) is 14.0. The third-order valence-corrected chi connectivity index (χ3v) is 9.54. The smallest absolute Gasteiger partial charge is 0.297 e. The Labute approximate surface area is 108 Å². The molecule has 102 valence electrons. The van der Waals surface area contributed by atoms with Gasteiger partial charge in [0.05, 0.1) is 5.41 Å². The Morgan fingerprint density at radius 2 is 1.18 bits per heavy atom. The maximum Gasteiger partial charge on any atom is 0.297 e. The molecule has 0 fully saturated rings. The van der Waals surface area contributed by atoms with E-state index in [1.165, 1.54) is 0 Å². The number of carbonyl (C=O) groups is 1. The molecule has 0 aliphatic carbocycles. The van der Waals surface area contributed by atoms with Gasteiger partial charge in [0, 0.05) is 0 Å². The van der Waals surface area contributed by atoms with E-state index in [9.17, 15) is 4.79 Å². The zero-order chi connectivity index (χ0) is 14.0. The summed E-state index contributed by atoms with van der Waals surface area (Å²) in [6.07, 6.45) is 0. The first-order chi connectivity index (χ1) is 7.46. The monoisotopic (exact) mass is 258 g/mol. The van der Waals surface area contributed by atoms with Crippen LogP contribution in [0.5, 0.6) is 0 Å². The molecule has 3 heteroatoms. The zero-order valence-electron chi connectivity index (χ0n) is 13.0. The molecule has 0 bridgehead atoms. The van der Waals surface area contributed by atoms with Crippen LogP contribution in [0.1, 0.15) is 62.3 Å². The molecule has 0 rings (SSSR count). The lowest BCUT2D eigenvalue weighted by atomic mass is 9.98. The van der Waals surface area contributed by atoms with Crippen molar-refractivity contribution in [3.8, 4) is 0 Å². The van der Waals surface area contributed by atoms with Crippen LogP contribution in [-0.2, 0) is 9.22 Å². The van der Waals surface area contributed by atoms with Gasteiger partial charge >= 0.3 is 0 Å². The maximum atomic E-state index is 12.2. The molecule has 0 aromatic carbocycles. The Morgan fingerprint density at radius 3 is 1.35 bits per heavy atom. The van der Waals surface area contributed by atoms with Crippen molar-refractivity contribution in [1.82, 2.24) is 0 Å². The van der Waals surface area contributed by atoms with E-state index in [0.717, 1.165) is 0 Å². The van der Waals surface area contributed by atoms with E-state index in [1.54, 1.807) is 0 Å². The van der Waals surface area contributed by atoms with Gasteiger partial charge in [0.2, 0.25) is 0 Å². The van der Waals surface area contributed by atoms with Crippen molar-refractivity contribution >= 4 is 14.3 Å². The minimum absolute atomic E-state index is 0.0414. The molecule has 0 radical (unpaired) electrons. The average Bonchev–Trinajstić information content (AvgIpc) is 2.09. The molecule has 0 unspecified atom stereocenters. The highest BCUT2D eigenvalue weighted by atomic mass is 28.4. The van der Waals surface area contributed by atoms with Gasteiger partial charge in [0.1, 0.15) is 0 Å². The van der Waals surface area contributed by atoms with E-state index in [4.69, 9.17) is 4.43 Å². The van der Waals surface area contributed by atoms with E-state index in [2.05, 4.69) is 41.5 Å². The normalized spacial score (nSPS) is 13.6. The summed E-state index contributed by atoms with van der Waals surface area (Å²) in [7, 11) is -2.05. The van der Waals surface area contributed by atoms with Crippen molar-refractivity contribution in [1.29, 1.82) is 0 Å². The molecular formula is C14H30O2Si. The van der Waals surface area contributed by atoms with Gasteiger partial charge in [0.25, 0.3) is 14.3 Å². The molecule has 0 atom stereocenters. The second-order valence-electron chi connectivity index (χ2n) is 6.96. The van der Waals surface area contributed by atoms with Crippen LogP contribution >= 0.6 is 0 Å². The van der Waals surface area contributed by atoms with Crippen LogP contribution in [0.4, 0.5) is 0 Å². The number of hydrogen-bond donors (Lipinski definition) is 0. The number of hydrogen-bond acceptors (Lipinski definition) is 2. The average molecular weight is 258 g/mol. The standard InChI is InChI=1S/C14H30O2Si/c1-10(2)17(11(3)4,12(5)6)16-13(15)14(7,8)9/h10-12H,1-9H3. The first kappa shape index (κ1) is 16.7. The molecule has 0 aromatic rings. The second-order valence-corrected chi connectivity index (χ2v) is 12.3. The lowest BCUT2D eigenvalue weighted by Gasteiger charge is -2.42. The van der Waals surface area contributed by atoms with Gasteiger partial charge in [0.15, 0.2) is 0 Å². The van der Waals surface area contributed by atoms with Crippen LogP contribution in [0.25, 0.3) is 0 Å². The Bertz CT molecular complexity index is 240. The quantitative estimate of drug-likeness (QED) is 0.680. The summed E-state index contributed by atoms with van der Waals surface area (Å²) in [6.45, 7) is 19.0. The summed E-state index contributed by atoms with van der Waals surface area (Å²) in [5.41, 5.74) is 0.952. The first-order valence-electron chi connectivity index (χ1n) is 6.69. The van der Waals surface area contributed by atoms with Gasteiger partial charge in [-0.25, -0.2) is 0 Å². The predicted molar refractivity (Wildman–Crippen MR) is 76.6 cm³/mol. The van der Waals surface area contributed by atoms with Crippen molar-refractivity contribution in [2.75, 3.05) is 0 Å². The summed E-state index contributed by atoms with van der Waals surface area (Å²) < 4.78 is 6.09. The number of rotatable bonds is 4. The van der Waals surface area contributed by atoms with Gasteiger partial charge in [-0.2, -0.15) is 0 Å². The van der Waals surface area contributed by atoms with Gasteiger partial charge in [-0.05, 0) is 37.4 Å². The molecule has 0 aliphatic rings. The molecule has 0 heterocycles.